The first kappa shape index (κ1) is 38.2. The molecule has 1 N–H and O–H groups in total. The Balaban J connectivity index is 1.36. The molecular formula is C35H31F9N4O4S. The number of alkyl halides is 6. The predicted octanol–water partition coefficient (Wildman–Crippen LogP) is 7.74. The van der Waals surface area contributed by atoms with Gasteiger partial charge in [0, 0.05) is 55.1 Å². The highest BCUT2D eigenvalue weighted by Gasteiger charge is 2.73. The fourth-order valence-corrected chi connectivity index (χ4v) is 9.14. The van der Waals surface area contributed by atoms with Crippen molar-refractivity contribution in [2.75, 3.05) is 26.2 Å². The van der Waals surface area contributed by atoms with Crippen LogP contribution in [0.2, 0.25) is 0 Å². The number of aromatic amines is 1. The van der Waals surface area contributed by atoms with E-state index in [1.807, 2.05) is 0 Å². The Morgan fingerprint density at radius 1 is 0.849 bits per heavy atom. The van der Waals surface area contributed by atoms with Crippen LogP contribution in [0.3, 0.4) is 0 Å². The molecule has 8 nitrogen and oxygen atoms in total. The minimum Gasteiger partial charge on any atom is -0.349 e. The van der Waals surface area contributed by atoms with Gasteiger partial charge in [-0.2, -0.15) is 26.3 Å². The van der Waals surface area contributed by atoms with Crippen molar-refractivity contribution in [2.24, 2.45) is 0 Å². The standard InChI is InChI=1S/C35H31F9N4O4S/c36-25-8-10-26(11-9-25)53(50,51)32(14-17-48(20-32)31(49)47-15-12-22(13-16-47)30-18-45-21-46-30)23-4-6-24(7-5-23)33(34(39,40)41,35(42,43)44)52-19-27-28(37)2-1-3-29(27)38/h1-11,18,21-22H,12-17,19-20H2,(H,45,46). The molecule has 2 aliphatic rings. The van der Waals surface area contributed by atoms with E-state index >= 15 is 0 Å². The van der Waals surface area contributed by atoms with E-state index in [-0.39, 0.29) is 24.4 Å². The van der Waals surface area contributed by atoms with Gasteiger partial charge in [0.15, 0.2) is 9.84 Å². The largest absolute Gasteiger partial charge is 0.430 e. The topological polar surface area (TPSA) is 95.6 Å². The van der Waals surface area contributed by atoms with Crippen molar-refractivity contribution >= 4 is 15.9 Å². The van der Waals surface area contributed by atoms with E-state index in [1.54, 1.807) is 6.20 Å². The molecule has 2 saturated heterocycles. The van der Waals surface area contributed by atoms with Crippen LogP contribution in [0.5, 0.6) is 0 Å². The number of halogens is 9. The van der Waals surface area contributed by atoms with Crippen LogP contribution in [-0.2, 0) is 31.5 Å². The number of sulfone groups is 1. The molecule has 2 aliphatic heterocycles. The summed E-state index contributed by atoms with van der Waals surface area (Å²) in [4.78, 5) is 23.2. The van der Waals surface area contributed by atoms with Crippen LogP contribution in [0, 0.1) is 17.5 Å². The van der Waals surface area contributed by atoms with Crippen molar-refractivity contribution in [1.29, 1.82) is 0 Å². The van der Waals surface area contributed by atoms with Gasteiger partial charge in [0.2, 0.25) is 0 Å². The lowest BCUT2D eigenvalue weighted by molar-refractivity contribution is -0.392. The molecule has 2 amide bonds. The van der Waals surface area contributed by atoms with Crippen molar-refractivity contribution in [3.8, 4) is 0 Å². The number of aromatic nitrogens is 2. The number of amides is 2. The van der Waals surface area contributed by atoms with Gasteiger partial charge in [-0.1, -0.05) is 30.3 Å². The number of carbonyl (C=O) groups is 1. The molecule has 0 radical (unpaired) electrons. The van der Waals surface area contributed by atoms with Gasteiger partial charge in [-0.25, -0.2) is 31.4 Å². The summed E-state index contributed by atoms with van der Waals surface area (Å²) in [7, 11) is -4.62. The lowest BCUT2D eigenvalue weighted by Crippen LogP contribution is -2.56. The molecule has 0 spiro atoms. The number of likely N-dealkylation sites (tertiary alicyclic amines) is 2. The van der Waals surface area contributed by atoms with Gasteiger partial charge in [0.25, 0.3) is 5.60 Å². The number of nitrogens with one attached hydrogen (secondary N) is 1. The van der Waals surface area contributed by atoms with Crippen molar-refractivity contribution in [2.45, 2.75) is 59.4 Å². The predicted molar refractivity (Wildman–Crippen MR) is 170 cm³/mol. The summed E-state index contributed by atoms with van der Waals surface area (Å²) >= 11 is 0. The van der Waals surface area contributed by atoms with Crippen LogP contribution in [0.15, 0.2) is 84.1 Å². The SMILES string of the molecule is O=C(N1CCC(c2cnc[nH]2)CC1)N1CCC(c2ccc(C(OCc3c(F)cccc3F)(C(F)(F)F)C(F)(F)F)cc2)(S(=O)(=O)c2ccc(F)cc2)C1. The summed E-state index contributed by atoms with van der Waals surface area (Å²) in [5.41, 5.74) is -7.17. The maximum absolute atomic E-state index is 14.6. The second-order valence-electron chi connectivity index (χ2n) is 12.9. The maximum atomic E-state index is 14.6. The van der Waals surface area contributed by atoms with Gasteiger partial charge in [-0.3, -0.25) is 0 Å². The van der Waals surface area contributed by atoms with Crippen LogP contribution in [0.4, 0.5) is 44.3 Å². The van der Waals surface area contributed by atoms with E-state index in [0.29, 0.717) is 50.2 Å². The van der Waals surface area contributed by atoms with E-state index in [4.69, 9.17) is 0 Å². The van der Waals surface area contributed by atoms with E-state index in [0.717, 1.165) is 48.2 Å². The van der Waals surface area contributed by atoms with Crippen molar-refractivity contribution < 1.29 is 57.5 Å². The third-order valence-electron chi connectivity index (χ3n) is 9.98. The first-order valence-electron chi connectivity index (χ1n) is 16.2. The fraction of sp³-hybridized carbons (Fsp3) is 0.371. The molecule has 1 aromatic heterocycles. The number of rotatable bonds is 8. The first-order valence-corrected chi connectivity index (χ1v) is 17.7. The Morgan fingerprint density at radius 3 is 2.00 bits per heavy atom. The molecule has 1 atom stereocenters. The summed E-state index contributed by atoms with van der Waals surface area (Å²) < 4.78 is 161. The molecular weight excluding hydrogens is 743 g/mol. The summed E-state index contributed by atoms with van der Waals surface area (Å²) in [5, 5.41) is 0. The molecule has 0 bridgehead atoms. The number of piperidine rings is 1. The number of nitrogens with zero attached hydrogens (tertiary/aromatic N) is 3. The first-order chi connectivity index (χ1) is 24.9. The number of H-pyrrole nitrogens is 1. The lowest BCUT2D eigenvalue weighted by Gasteiger charge is -2.38. The second-order valence-corrected chi connectivity index (χ2v) is 15.2. The number of hydrogen-bond donors (Lipinski definition) is 1. The molecule has 0 aliphatic carbocycles. The van der Waals surface area contributed by atoms with Gasteiger partial charge in [-0.05, 0) is 61.2 Å². The van der Waals surface area contributed by atoms with Gasteiger partial charge >= 0.3 is 18.4 Å². The Bertz CT molecular complexity index is 2000. The van der Waals surface area contributed by atoms with Gasteiger partial charge in [0.05, 0.1) is 17.8 Å². The molecule has 53 heavy (non-hydrogen) atoms. The highest BCUT2D eigenvalue weighted by atomic mass is 32.2. The molecule has 4 aromatic rings. The molecule has 2 fully saturated rings. The minimum absolute atomic E-state index is 0.104. The average Bonchev–Trinajstić information content (AvgIpc) is 3.81. The van der Waals surface area contributed by atoms with Crippen LogP contribution in [-0.4, -0.2) is 72.7 Å². The molecule has 1 unspecified atom stereocenters. The van der Waals surface area contributed by atoms with Gasteiger partial charge < -0.3 is 19.5 Å². The number of carbonyl (C=O) groups excluding carboxylic acids is 1. The number of imidazole rings is 1. The zero-order valence-electron chi connectivity index (χ0n) is 27.5. The van der Waals surface area contributed by atoms with E-state index in [9.17, 15) is 52.7 Å². The van der Waals surface area contributed by atoms with Crippen LogP contribution >= 0.6 is 0 Å². The van der Waals surface area contributed by atoms with Gasteiger partial charge in [-0.15, -0.1) is 0 Å². The monoisotopic (exact) mass is 774 g/mol. The molecule has 3 aromatic carbocycles. The molecule has 6 rings (SSSR count). The smallest absolute Gasteiger partial charge is 0.349 e. The van der Waals surface area contributed by atoms with E-state index < -0.39 is 85.2 Å². The zero-order valence-corrected chi connectivity index (χ0v) is 28.3. The number of ether oxygens (including phenoxy) is 1. The average molecular weight is 775 g/mol. The van der Waals surface area contributed by atoms with E-state index in [2.05, 4.69) is 14.7 Å². The Hall–Kier alpha value is -4.58. The normalized spacial score (nSPS) is 19.2. The number of benzene rings is 3. The number of hydrogen-bond acceptors (Lipinski definition) is 5. The Kier molecular flexibility index (Phi) is 10.1. The highest BCUT2D eigenvalue weighted by molar-refractivity contribution is 7.92. The molecule has 18 heteroatoms. The molecule has 284 valence electrons. The zero-order chi connectivity index (χ0) is 38.4. The van der Waals surface area contributed by atoms with Crippen LogP contribution in [0.25, 0.3) is 0 Å². The Labute approximate surface area is 297 Å². The number of urea groups is 1. The summed E-state index contributed by atoms with van der Waals surface area (Å²) in [6.45, 7) is -1.80. The molecule has 0 saturated carbocycles. The van der Waals surface area contributed by atoms with E-state index in [1.165, 1.54) is 16.1 Å². The van der Waals surface area contributed by atoms with Crippen molar-refractivity contribution in [1.82, 2.24) is 19.8 Å². The second kappa shape index (κ2) is 14.0. The summed E-state index contributed by atoms with van der Waals surface area (Å²) in [5.74, 6) is -3.54. The lowest BCUT2D eigenvalue weighted by atomic mass is 9.88. The van der Waals surface area contributed by atoms with Crippen LogP contribution < -0.4 is 0 Å². The fourth-order valence-electron chi connectivity index (χ4n) is 7.06. The minimum atomic E-state index is -6.23. The summed E-state index contributed by atoms with van der Waals surface area (Å²) in [6, 6.07) is 7.64. The quantitative estimate of drug-likeness (QED) is 0.146. The Morgan fingerprint density at radius 2 is 1.45 bits per heavy atom. The third kappa shape index (κ3) is 6.75. The summed E-state index contributed by atoms with van der Waals surface area (Å²) in [6.07, 6.45) is -8.39. The molecule has 3 heterocycles. The van der Waals surface area contributed by atoms with Crippen molar-refractivity contribution in [3.05, 3.63) is 119 Å². The highest BCUT2D eigenvalue weighted by Crippen LogP contribution is 2.54. The third-order valence-corrected chi connectivity index (χ3v) is 12.5. The van der Waals surface area contributed by atoms with Gasteiger partial charge in [0.1, 0.15) is 22.2 Å². The van der Waals surface area contributed by atoms with Crippen molar-refractivity contribution in [3.63, 3.8) is 0 Å². The van der Waals surface area contributed by atoms with Crippen LogP contribution in [0.1, 0.15) is 47.6 Å². The maximum Gasteiger partial charge on any atom is 0.430 e.